The number of carbonyl (C=O) groups is 3. The van der Waals surface area contributed by atoms with Crippen LogP contribution in [-0.2, 0) is 16.1 Å². The third-order valence-electron chi connectivity index (χ3n) is 2.57. The zero-order valence-electron chi connectivity index (χ0n) is 11.2. The maximum absolute atomic E-state index is 11.5. The van der Waals surface area contributed by atoms with Crippen molar-refractivity contribution in [2.24, 2.45) is 0 Å². The Morgan fingerprint density at radius 3 is 2.62 bits per heavy atom. The molecule has 0 bridgehead atoms. The molecule has 0 aliphatic carbocycles. The van der Waals surface area contributed by atoms with E-state index in [9.17, 15) is 14.4 Å². The number of nitrogens with one attached hydrogen (secondary N) is 2. The first kappa shape index (κ1) is 16.4. The molecule has 0 saturated heterocycles. The van der Waals surface area contributed by atoms with E-state index in [1.165, 1.54) is 0 Å². The minimum Gasteiger partial charge on any atom is -0.481 e. The first-order valence-corrected chi connectivity index (χ1v) is 6.32. The van der Waals surface area contributed by atoms with Crippen LogP contribution in [0, 0.1) is 0 Å². The first-order chi connectivity index (χ1) is 9.99. The molecule has 4 N–H and O–H groups in total. The molecule has 1 atom stereocenters. The summed E-state index contributed by atoms with van der Waals surface area (Å²) in [5, 5.41) is 29.5. The van der Waals surface area contributed by atoms with E-state index < -0.39 is 24.0 Å². The van der Waals surface area contributed by atoms with Crippen molar-refractivity contribution in [3.63, 3.8) is 0 Å². The van der Waals surface area contributed by atoms with Gasteiger partial charge in [0.05, 0.1) is 6.20 Å². The normalized spacial score (nSPS) is 11.6. The lowest BCUT2D eigenvalue weighted by Crippen LogP contribution is -2.46. The lowest BCUT2D eigenvalue weighted by Gasteiger charge is -2.14. The summed E-state index contributed by atoms with van der Waals surface area (Å²) in [7, 11) is 0. The standard InChI is InChI=1S/C11H17N5O5/c17-9(18)3-2-8(10(19)20)14-11(21)12-4-1-6-16-7-5-13-15-16/h5,7-8H,1-4,6H2,(H,17,18)(H,19,20)(H2,12,14,21)/t8-/m0/s1. The van der Waals surface area contributed by atoms with E-state index in [0.29, 0.717) is 19.5 Å². The van der Waals surface area contributed by atoms with Gasteiger partial charge in [0.1, 0.15) is 6.04 Å². The van der Waals surface area contributed by atoms with Crippen molar-refractivity contribution in [2.45, 2.75) is 31.8 Å². The van der Waals surface area contributed by atoms with E-state index in [-0.39, 0.29) is 12.8 Å². The van der Waals surface area contributed by atoms with Crippen LogP contribution < -0.4 is 10.6 Å². The highest BCUT2D eigenvalue weighted by Gasteiger charge is 2.20. The summed E-state index contributed by atoms with van der Waals surface area (Å²) in [5.74, 6) is -2.38. The number of nitrogens with zero attached hydrogens (tertiary/aromatic N) is 3. The summed E-state index contributed by atoms with van der Waals surface area (Å²) in [4.78, 5) is 32.8. The Morgan fingerprint density at radius 1 is 1.29 bits per heavy atom. The average Bonchev–Trinajstić information content (AvgIpc) is 2.92. The minimum absolute atomic E-state index is 0.170. The molecule has 2 amide bonds. The highest BCUT2D eigenvalue weighted by atomic mass is 16.4. The second-order valence-corrected chi connectivity index (χ2v) is 4.24. The number of carboxylic acid groups (broad SMARTS) is 2. The zero-order valence-corrected chi connectivity index (χ0v) is 11.2. The highest BCUT2D eigenvalue weighted by Crippen LogP contribution is 1.98. The Bertz CT molecular complexity index is 475. The zero-order chi connectivity index (χ0) is 15.7. The van der Waals surface area contributed by atoms with Crippen LogP contribution in [-0.4, -0.2) is 55.8 Å². The number of aromatic nitrogens is 3. The monoisotopic (exact) mass is 299 g/mol. The molecule has 1 aromatic heterocycles. The van der Waals surface area contributed by atoms with Crippen LogP contribution in [0.1, 0.15) is 19.3 Å². The minimum atomic E-state index is -1.27. The van der Waals surface area contributed by atoms with Gasteiger partial charge in [-0.15, -0.1) is 5.10 Å². The van der Waals surface area contributed by atoms with Gasteiger partial charge in [0, 0.05) is 25.7 Å². The topological polar surface area (TPSA) is 146 Å². The fourth-order valence-corrected chi connectivity index (χ4v) is 1.53. The van der Waals surface area contributed by atoms with Crippen LogP contribution in [0.4, 0.5) is 4.79 Å². The van der Waals surface area contributed by atoms with Crippen LogP contribution in [0.25, 0.3) is 0 Å². The van der Waals surface area contributed by atoms with Gasteiger partial charge in [-0.3, -0.25) is 9.48 Å². The van der Waals surface area contributed by atoms with Gasteiger partial charge in [0.25, 0.3) is 0 Å². The second kappa shape index (κ2) is 8.51. The molecular formula is C11H17N5O5. The van der Waals surface area contributed by atoms with Crippen LogP contribution in [0.3, 0.4) is 0 Å². The van der Waals surface area contributed by atoms with Crippen molar-refractivity contribution in [3.8, 4) is 0 Å². The van der Waals surface area contributed by atoms with Crippen LogP contribution in [0.5, 0.6) is 0 Å². The maximum Gasteiger partial charge on any atom is 0.326 e. The van der Waals surface area contributed by atoms with Crippen LogP contribution in [0.2, 0.25) is 0 Å². The molecule has 116 valence electrons. The largest absolute Gasteiger partial charge is 0.481 e. The van der Waals surface area contributed by atoms with Gasteiger partial charge in [0.15, 0.2) is 0 Å². The Labute approximate surface area is 120 Å². The van der Waals surface area contributed by atoms with Crippen molar-refractivity contribution in [1.82, 2.24) is 25.6 Å². The van der Waals surface area contributed by atoms with Crippen LogP contribution in [0.15, 0.2) is 12.4 Å². The molecule has 10 nitrogen and oxygen atoms in total. The molecule has 0 aromatic carbocycles. The van der Waals surface area contributed by atoms with E-state index >= 15 is 0 Å². The van der Waals surface area contributed by atoms with Crippen molar-refractivity contribution < 1.29 is 24.6 Å². The maximum atomic E-state index is 11.5. The first-order valence-electron chi connectivity index (χ1n) is 6.32. The highest BCUT2D eigenvalue weighted by molar-refractivity contribution is 5.82. The fourth-order valence-electron chi connectivity index (χ4n) is 1.53. The molecule has 1 rings (SSSR count). The van der Waals surface area contributed by atoms with Gasteiger partial charge in [-0.2, -0.15) is 0 Å². The number of aryl methyl sites for hydroxylation is 1. The lowest BCUT2D eigenvalue weighted by molar-refractivity contribution is -0.140. The Hall–Kier alpha value is -2.65. The van der Waals surface area contributed by atoms with Crippen molar-refractivity contribution in [1.29, 1.82) is 0 Å². The van der Waals surface area contributed by atoms with E-state index in [1.807, 2.05) is 0 Å². The molecule has 1 aromatic rings. The summed E-state index contributed by atoms with van der Waals surface area (Å²) in [6.07, 6.45) is 3.33. The summed E-state index contributed by atoms with van der Waals surface area (Å²) < 4.78 is 1.60. The van der Waals surface area contributed by atoms with E-state index in [2.05, 4.69) is 20.9 Å². The van der Waals surface area contributed by atoms with Crippen molar-refractivity contribution in [2.75, 3.05) is 6.54 Å². The van der Waals surface area contributed by atoms with E-state index in [1.54, 1.807) is 17.1 Å². The molecule has 0 saturated carbocycles. The third kappa shape index (κ3) is 6.89. The van der Waals surface area contributed by atoms with Gasteiger partial charge < -0.3 is 20.8 Å². The summed E-state index contributed by atoms with van der Waals surface area (Å²) in [5.41, 5.74) is 0. The molecule has 0 spiro atoms. The van der Waals surface area contributed by atoms with E-state index in [0.717, 1.165) is 0 Å². The lowest BCUT2D eigenvalue weighted by atomic mass is 10.1. The Morgan fingerprint density at radius 2 is 2.05 bits per heavy atom. The molecule has 0 radical (unpaired) electrons. The Balaban J connectivity index is 2.23. The van der Waals surface area contributed by atoms with Crippen molar-refractivity contribution >= 4 is 18.0 Å². The van der Waals surface area contributed by atoms with Gasteiger partial charge in [0.2, 0.25) is 0 Å². The smallest absolute Gasteiger partial charge is 0.326 e. The number of urea groups is 1. The fraction of sp³-hybridized carbons (Fsp3) is 0.545. The number of aliphatic carboxylic acids is 2. The molecule has 0 aliphatic rings. The molecule has 10 heteroatoms. The second-order valence-electron chi connectivity index (χ2n) is 4.24. The number of amides is 2. The van der Waals surface area contributed by atoms with E-state index in [4.69, 9.17) is 10.2 Å². The number of hydrogen-bond donors (Lipinski definition) is 4. The number of rotatable bonds is 9. The summed E-state index contributed by atoms with van der Waals surface area (Å²) >= 11 is 0. The predicted octanol–water partition coefficient (Wildman–Crippen LogP) is -0.715. The summed E-state index contributed by atoms with van der Waals surface area (Å²) in [6, 6.07) is -1.87. The van der Waals surface area contributed by atoms with Gasteiger partial charge >= 0.3 is 18.0 Å². The van der Waals surface area contributed by atoms with Crippen LogP contribution >= 0.6 is 0 Å². The quantitative estimate of drug-likeness (QED) is 0.440. The van der Waals surface area contributed by atoms with Gasteiger partial charge in [-0.25, -0.2) is 9.59 Å². The number of carboxylic acids is 2. The van der Waals surface area contributed by atoms with Gasteiger partial charge in [-0.1, -0.05) is 5.21 Å². The van der Waals surface area contributed by atoms with Gasteiger partial charge in [-0.05, 0) is 12.8 Å². The number of hydrogen-bond acceptors (Lipinski definition) is 5. The molecule has 0 aliphatic heterocycles. The third-order valence-corrected chi connectivity index (χ3v) is 2.57. The molecule has 21 heavy (non-hydrogen) atoms. The summed E-state index contributed by atoms with van der Waals surface area (Å²) in [6.45, 7) is 0.901. The van der Waals surface area contributed by atoms with Crippen molar-refractivity contribution in [3.05, 3.63) is 12.4 Å². The molecule has 0 fully saturated rings. The molecular weight excluding hydrogens is 282 g/mol. The SMILES string of the molecule is O=C(O)CC[C@H](NC(=O)NCCCn1ccnn1)C(=O)O. The predicted molar refractivity (Wildman–Crippen MR) is 69.5 cm³/mol. The molecule has 1 heterocycles. The number of carbonyl (C=O) groups excluding carboxylic acids is 1. The average molecular weight is 299 g/mol. The molecule has 0 unspecified atom stereocenters. The Kier molecular flexibility index (Phi) is 6.65.